The smallest absolute Gasteiger partial charge is 0.251 e. The van der Waals surface area contributed by atoms with Gasteiger partial charge in [-0.25, -0.2) is 0 Å². The first-order valence-electron chi connectivity index (χ1n) is 8.48. The van der Waals surface area contributed by atoms with Crippen molar-refractivity contribution < 1.29 is 9.59 Å². The van der Waals surface area contributed by atoms with Gasteiger partial charge in [0.1, 0.15) is 0 Å². The van der Waals surface area contributed by atoms with Crippen LogP contribution < -0.4 is 16.0 Å². The molecule has 0 fully saturated rings. The number of nitrogens with one attached hydrogen (secondary N) is 3. The molecule has 132 valence electrons. The molecular weight excluding hydrogens is 322 g/mol. The fourth-order valence-corrected chi connectivity index (χ4v) is 2.27. The maximum Gasteiger partial charge on any atom is 0.251 e. The average molecular weight is 350 g/mol. The molecule has 0 aromatic heterocycles. The standard InChI is InChI=1S/C18H27N3O2S/c1-4-6-7-11-16(22)21-18(24)20-15-10-8-9-14(12-15)17(23)19-13(3)5-2/h8-10,12-13H,4-7,11H2,1-3H3,(H,19,23)(H2,20,21,22,24). The molecule has 2 amide bonds. The molecular formula is C18H27N3O2S. The zero-order valence-corrected chi connectivity index (χ0v) is 15.5. The number of anilines is 1. The number of benzene rings is 1. The zero-order chi connectivity index (χ0) is 17.9. The molecule has 0 heterocycles. The molecule has 6 heteroatoms. The number of carbonyl (C=O) groups excluding carboxylic acids is 2. The lowest BCUT2D eigenvalue weighted by Crippen LogP contribution is -2.34. The predicted octanol–water partition coefficient (Wildman–Crippen LogP) is 3.61. The largest absolute Gasteiger partial charge is 0.350 e. The molecule has 1 atom stereocenters. The highest BCUT2D eigenvalue weighted by Crippen LogP contribution is 2.11. The maximum absolute atomic E-state index is 12.1. The van der Waals surface area contributed by atoms with Gasteiger partial charge in [-0.05, 0) is 50.2 Å². The Balaban J connectivity index is 2.56. The minimum atomic E-state index is -0.123. The Morgan fingerprint density at radius 2 is 1.96 bits per heavy atom. The molecule has 0 saturated carbocycles. The van der Waals surface area contributed by atoms with Gasteiger partial charge in [0, 0.05) is 23.7 Å². The van der Waals surface area contributed by atoms with Gasteiger partial charge in [0.2, 0.25) is 5.91 Å². The lowest BCUT2D eigenvalue weighted by Gasteiger charge is -2.13. The number of thiocarbonyl (C=S) groups is 1. The van der Waals surface area contributed by atoms with Crippen molar-refractivity contribution in [2.24, 2.45) is 0 Å². The minimum Gasteiger partial charge on any atom is -0.350 e. The van der Waals surface area contributed by atoms with Gasteiger partial charge < -0.3 is 16.0 Å². The van der Waals surface area contributed by atoms with Crippen molar-refractivity contribution in [2.75, 3.05) is 5.32 Å². The Kier molecular flexibility index (Phi) is 9.01. The van der Waals surface area contributed by atoms with Crippen LogP contribution in [-0.2, 0) is 4.79 Å². The summed E-state index contributed by atoms with van der Waals surface area (Å²) in [4.78, 5) is 23.9. The van der Waals surface area contributed by atoms with Crippen LogP contribution >= 0.6 is 12.2 Å². The molecule has 0 saturated heterocycles. The van der Waals surface area contributed by atoms with Gasteiger partial charge >= 0.3 is 0 Å². The third-order valence-electron chi connectivity index (χ3n) is 3.63. The Labute approximate surface area is 149 Å². The van der Waals surface area contributed by atoms with E-state index in [4.69, 9.17) is 12.2 Å². The summed E-state index contributed by atoms with van der Waals surface area (Å²) in [5.74, 6) is -0.214. The van der Waals surface area contributed by atoms with E-state index < -0.39 is 0 Å². The molecule has 1 rings (SSSR count). The molecule has 1 unspecified atom stereocenters. The Morgan fingerprint density at radius 1 is 1.21 bits per heavy atom. The third kappa shape index (κ3) is 7.55. The normalized spacial score (nSPS) is 11.5. The number of amides is 2. The fourth-order valence-electron chi connectivity index (χ4n) is 2.03. The molecule has 3 N–H and O–H groups in total. The summed E-state index contributed by atoms with van der Waals surface area (Å²) >= 11 is 5.15. The molecule has 1 aromatic carbocycles. The molecule has 24 heavy (non-hydrogen) atoms. The van der Waals surface area contributed by atoms with Crippen molar-refractivity contribution in [2.45, 2.75) is 58.9 Å². The van der Waals surface area contributed by atoms with Crippen LogP contribution in [0.5, 0.6) is 0 Å². The Morgan fingerprint density at radius 3 is 2.62 bits per heavy atom. The van der Waals surface area contributed by atoms with Gasteiger partial charge in [-0.3, -0.25) is 9.59 Å². The van der Waals surface area contributed by atoms with Crippen molar-refractivity contribution >= 4 is 34.8 Å². The summed E-state index contributed by atoms with van der Waals surface area (Å²) in [6.07, 6.45) is 4.30. The van der Waals surface area contributed by atoms with E-state index in [0.29, 0.717) is 17.7 Å². The van der Waals surface area contributed by atoms with Crippen molar-refractivity contribution in [1.82, 2.24) is 10.6 Å². The van der Waals surface area contributed by atoms with Crippen LogP contribution in [0.3, 0.4) is 0 Å². The van der Waals surface area contributed by atoms with E-state index in [1.807, 2.05) is 13.8 Å². The van der Waals surface area contributed by atoms with Crippen molar-refractivity contribution in [3.8, 4) is 0 Å². The van der Waals surface area contributed by atoms with E-state index in [0.717, 1.165) is 25.7 Å². The number of hydrogen-bond acceptors (Lipinski definition) is 3. The monoisotopic (exact) mass is 349 g/mol. The van der Waals surface area contributed by atoms with Crippen molar-refractivity contribution in [3.05, 3.63) is 29.8 Å². The molecule has 0 aliphatic carbocycles. The third-order valence-corrected chi connectivity index (χ3v) is 3.84. The van der Waals surface area contributed by atoms with E-state index in [2.05, 4.69) is 22.9 Å². The second-order valence-electron chi connectivity index (χ2n) is 5.82. The highest BCUT2D eigenvalue weighted by molar-refractivity contribution is 7.80. The predicted molar refractivity (Wildman–Crippen MR) is 102 cm³/mol. The number of hydrogen-bond donors (Lipinski definition) is 3. The highest BCUT2D eigenvalue weighted by Gasteiger charge is 2.10. The van der Waals surface area contributed by atoms with Crippen LogP contribution in [0.2, 0.25) is 0 Å². The number of unbranched alkanes of at least 4 members (excludes halogenated alkanes) is 2. The van der Waals surface area contributed by atoms with Crippen LogP contribution in [0.25, 0.3) is 0 Å². The Bertz CT molecular complexity index is 575. The summed E-state index contributed by atoms with van der Waals surface area (Å²) in [5, 5.41) is 8.77. The van der Waals surface area contributed by atoms with Gasteiger partial charge in [0.15, 0.2) is 5.11 Å². The summed E-state index contributed by atoms with van der Waals surface area (Å²) in [6, 6.07) is 7.16. The van der Waals surface area contributed by atoms with Gasteiger partial charge in [-0.15, -0.1) is 0 Å². The quantitative estimate of drug-likeness (QED) is 0.495. The number of rotatable bonds is 8. The summed E-state index contributed by atoms with van der Waals surface area (Å²) in [5.41, 5.74) is 1.23. The van der Waals surface area contributed by atoms with E-state index in [-0.39, 0.29) is 23.0 Å². The Hall–Kier alpha value is -1.95. The number of carbonyl (C=O) groups is 2. The average Bonchev–Trinajstić information content (AvgIpc) is 2.54. The van der Waals surface area contributed by atoms with Crippen LogP contribution in [0, 0.1) is 0 Å². The second-order valence-corrected chi connectivity index (χ2v) is 6.23. The van der Waals surface area contributed by atoms with Gasteiger partial charge in [-0.1, -0.05) is 32.8 Å². The lowest BCUT2D eigenvalue weighted by atomic mass is 10.1. The van der Waals surface area contributed by atoms with Crippen molar-refractivity contribution in [1.29, 1.82) is 0 Å². The van der Waals surface area contributed by atoms with Crippen LogP contribution in [-0.4, -0.2) is 23.0 Å². The molecule has 0 radical (unpaired) electrons. The first kappa shape index (κ1) is 20.1. The lowest BCUT2D eigenvalue weighted by molar-refractivity contribution is -0.119. The summed E-state index contributed by atoms with van der Waals surface area (Å²) in [7, 11) is 0. The van der Waals surface area contributed by atoms with E-state index >= 15 is 0 Å². The topological polar surface area (TPSA) is 70.2 Å². The van der Waals surface area contributed by atoms with Crippen molar-refractivity contribution in [3.63, 3.8) is 0 Å². The van der Waals surface area contributed by atoms with Crippen LogP contribution in [0.15, 0.2) is 24.3 Å². The first-order valence-corrected chi connectivity index (χ1v) is 8.88. The molecule has 0 bridgehead atoms. The molecule has 0 spiro atoms. The molecule has 0 aliphatic rings. The molecule has 0 aliphatic heterocycles. The van der Waals surface area contributed by atoms with Gasteiger partial charge in [0.05, 0.1) is 0 Å². The van der Waals surface area contributed by atoms with E-state index in [1.54, 1.807) is 24.3 Å². The zero-order valence-electron chi connectivity index (χ0n) is 14.6. The molecule has 5 nitrogen and oxygen atoms in total. The van der Waals surface area contributed by atoms with Gasteiger partial charge in [-0.2, -0.15) is 0 Å². The van der Waals surface area contributed by atoms with Gasteiger partial charge in [0.25, 0.3) is 5.91 Å². The second kappa shape index (κ2) is 10.8. The van der Waals surface area contributed by atoms with Crippen LogP contribution in [0.4, 0.5) is 5.69 Å². The summed E-state index contributed by atoms with van der Waals surface area (Å²) < 4.78 is 0. The summed E-state index contributed by atoms with van der Waals surface area (Å²) in [6.45, 7) is 6.07. The van der Waals surface area contributed by atoms with E-state index in [1.165, 1.54) is 0 Å². The fraction of sp³-hybridized carbons (Fsp3) is 0.500. The SMILES string of the molecule is CCCCCC(=O)NC(=S)Nc1cccc(C(=O)NC(C)CC)c1. The van der Waals surface area contributed by atoms with Crippen LogP contribution in [0.1, 0.15) is 63.2 Å². The van der Waals surface area contributed by atoms with E-state index in [9.17, 15) is 9.59 Å². The molecule has 1 aromatic rings. The highest BCUT2D eigenvalue weighted by atomic mass is 32.1. The minimum absolute atomic E-state index is 0.0911. The first-order chi connectivity index (χ1) is 11.5. The maximum atomic E-state index is 12.1.